The van der Waals surface area contributed by atoms with Gasteiger partial charge in [-0.25, -0.2) is 0 Å². The van der Waals surface area contributed by atoms with Gasteiger partial charge in [0.15, 0.2) is 0 Å². The average Bonchev–Trinajstić information content (AvgIpc) is 2.03. The summed E-state index contributed by atoms with van der Waals surface area (Å²) in [5.41, 5.74) is 5.19. The number of carbonyl (C=O) groups is 1. The van der Waals surface area contributed by atoms with E-state index in [1.54, 1.807) is 0 Å². The molecule has 4 heteroatoms. The van der Waals surface area contributed by atoms with E-state index >= 15 is 0 Å². The van der Waals surface area contributed by atoms with Crippen molar-refractivity contribution in [3.63, 3.8) is 0 Å². The number of aliphatic hydroxyl groups is 1. The van der Waals surface area contributed by atoms with E-state index in [2.05, 4.69) is 0 Å². The predicted octanol–water partition coefficient (Wildman–Crippen LogP) is 0.339. The maximum Gasteiger partial charge on any atom is 0.323 e. The van der Waals surface area contributed by atoms with Gasteiger partial charge in [-0.1, -0.05) is 26.2 Å². The molecule has 4 N–H and O–H groups in total. The second-order valence-corrected chi connectivity index (χ2v) is 2.93. The smallest absolute Gasteiger partial charge is 0.323 e. The molecule has 2 atom stereocenters. The van der Waals surface area contributed by atoms with Crippen LogP contribution in [-0.2, 0) is 4.79 Å². The van der Waals surface area contributed by atoms with Gasteiger partial charge in [-0.3, -0.25) is 4.79 Å². The van der Waals surface area contributed by atoms with Gasteiger partial charge in [0.1, 0.15) is 6.04 Å². The lowest BCUT2D eigenvalue weighted by Crippen LogP contribution is -2.41. The van der Waals surface area contributed by atoms with Gasteiger partial charge in [0.2, 0.25) is 0 Å². The fourth-order valence-electron chi connectivity index (χ4n) is 0.948. The summed E-state index contributed by atoms with van der Waals surface area (Å²) in [7, 11) is 0. The van der Waals surface area contributed by atoms with Crippen LogP contribution in [0.4, 0.5) is 0 Å². The molecule has 2 unspecified atom stereocenters. The minimum atomic E-state index is -1.14. The molecule has 0 rings (SSSR count). The van der Waals surface area contributed by atoms with Gasteiger partial charge in [-0.15, -0.1) is 0 Å². The first-order valence-electron chi connectivity index (χ1n) is 4.26. The highest BCUT2D eigenvalue weighted by atomic mass is 16.4. The van der Waals surface area contributed by atoms with Crippen LogP contribution in [0.25, 0.3) is 0 Å². The molecule has 0 aliphatic carbocycles. The van der Waals surface area contributed by atoms with Crippen molar-refractivity contribution in [1.82, 2.24) is 0 Å². The van der Waals surface area contributed by atoms with E-state index in [1.165, 1.54) is 0 Å². The Balaban J connectivity index is 3.56. The molecular weight excluding hydrogens is 158 g/mol. The zero-order valence-corrected chi connectivity index (χ0v) is 7.36. The fourth-order valence-corrected chi connectivity index (χ4v) is 0.948. The van der Waals surface area contributed by atoms with Gasteiger partial charge in [0.05, 0.1) is 6.10 Å². The molecule has 0 aromatic heterocycles. The summed E-state index contributed by atoms with van der Waals surface area (Å²) in [6, 6.07) is -1.14. The van der Waals surface area contributed by atoms with E-state index in [0.717, 1.165) is 19.3 Å². The summed E-state index contributed by atoms with van der Waals surface area (Å²) in [4.78, 5) is 10.3. The summed E-state index contributed by atoms with van der Waals surface area (Å²) >= 11 is 0. The third-order valence-electron chi connectivity index (χ3n) is 1.80. The van der Waals surface area contributed by atoms with E-state index in [0.29, 0.717) is 6.42 Å². The van der Waals surface area contributed by atoms with Gasteiger partial charge in [-0.2, -0.15) is 0 Å². The van der Waals surface area contributed by atoms with Crippen molar-refractivity contribution in [1.29, 1.82) is 0 Å². The van der Waals surface area contributed by atoms with Crippen LogP contribution >= 0.6 is 0 Å². The van der Waals surface area contributed by atoms with Crippen molar-refractivity contribution in [3.05, 3.63) is 0 Å². The number of rotatable bonds is 6. The Morgan fingerprint density at radius 3 is 2.50 bits per heavy atom. The molecule has 0 saturated heterocycles. The van der Waals surface area contributed by atoms with Gasteiger partial charge in [-0.05, 0) is 6.42 Å². The monoisotopic (exact) mass is 175 g/mol. The Bertz CT molecular complexity index is 138. The quantitative estimate of drug-likeness (QED) is 0.508. The van der Waals surface area contributed by atoms with Gasteiger partial charge in [0, 0.05) is 0 Å². The standard InChI is InChI=1S/C8H17NO3/c1-2-3-4-5-6(10)7(9)8(11)12/h6-7,10H,2-5,9H2,1H3,(H,11,12). The first-order valence-corrected chi connectivity index (χ1v) is 4.26. The van der Waals surface area contributed by atoms with Crippen molar-refractivity contribution in [2.45, 2.75) is 44.8 Å². The third kappa shape index (κ3) is 4.31. The first kappa shape index (κ1) is 11.4. The number of nitrogens with two attached hydrogens (primary N) is 1. The molecule has 0 aliphatic rings. The van der Waals surface area contributed by atoms with Crippen LogP contribution in [0.15, 0.2) is 0 Å². The molecule has 0 spiro atoms. The summed E-state index contributed by atoms with van der Waals surface area (Å²) < 4.78 is 0. The molecule has 0 heterocycles. The van der Waals surface area contributed by atoms with Crippen molar-refractivity contribution in [3.8, 4) is 0 Å². The third-order valence-corrected chi connectivity index (χ3v) is 1.80. The van der Waals surface area contributed by atoms with Gasteiger partial charge in [0.25, 0.3) is 0 Å². The van der Waals surface area contributed by atoms with Crippen molar-refractivity contribution < 1.29 is 15.0 Å². The Hall–Kier alpha value is -0.610. The Morgan fingerprint density at radius 1 is 1.50 bits per heavy atom. The molecule has 0 saturated carbocycles. The van der Waals surface area contributed by atoms with Crippen LogP contribution in [0.3, 0.4) is 0 Å². The fraction of sp³-hybridized carbons (Fsp3) is 0.875. The largest absolute Gasteiger partial charge is 0.480 e. The molecular formula is C8H17NO3. The second kappa shape index (κ2) is 5.97. The number of hydrogen-bond donors (Lipinski definition) is 3. The molecule has 0 aliphatic heterocycles. The Morgan fingerprint density at radius 2 is 2.08 bits per heavy atom. The lowest BCUT2D eigenvalue weighted by atomic mass is 10.1. The SMILES string of the molecule is CCCCCC(O)C(N)C(=O)O. The first-order chi connectivity index (χ1) is 5.59. The Kier molecular flexibility index (Phi) is 5.66. The van der Waals surface area contributed by atoms with Crippen LogP contribution in [-0.4, -0.2) is 28.3 Å². The minimum absolute atomic E-state index is 0.474. The average molecular weight is 175 g/mol. The number of carboxylic acid groups (broad SMARTS) is 1. The van der Waals surface area contributed by atoms with Crippen molar-refractivity contribution in [2.75, 3.05) is 0 Å². The topological polar surface area (TPSA) is 83.5 Å². The molecule has 0 aromatic rings. The predicted molar refractivity (Wildman–Crippen MR) is 45.8 cm³/mol. The van der Waals surface area contributed by atoms with Crippen LogP contribution in [0.2, 0.25) is 0 Å². The highest BCUT2D eigenvalue weighted by molar-refractivity contribution is 5.73. The van der Waals surface area contributed by atoms with Crippen LogP contribution in [0, 0.1) is 0 Å². The summed E-state index contributed by atoms with van der Waals surface area (Å²) in [6.45, 7) is 2.05. The summed E-state index contributed by atoms with van der Waals surface area (Å²) in [5, 5.41) is 17.6. The summed E-state index contributed by atoms with van der Waals surface area (Å²) in [6.07, 6.45) is 2.45. The van der Waals surface area contributed by atoms with Crippen LogP contribution in [0.1, 0.15) is 32.6 Å². The molecule has 0 radical (unpaired) electrons. The van der Waals surface area contributed by atoms with Crippen LogP contribution < -0.4 is 5.73 Å². The van der Waals surface area contributed by atoms with E-state index in [-0.39, 0.29) is 0 Å². The maximum absolute atomic E-state index is 10.3. The van der Waals surface area contributed by atoms with E-state index < -0.39 is 18.1 Å². The molecule has 0 bridgehead atoms. The molecule has 0 aromatic carbocycles. The highest BCUT2D eigenvalue weighted by Crippen LogP contribution is 2.05. The number of aliphatic hydroxyl groups excluding tert-OH is 1. The Labute approximate surface area is 72.4 Å². The maximum atomic E-state index is 10.3. The molecule has 4 nitrogen and oxygen atoms in total. The number of unbranched alkanes of at least 4 members (excludes halogenated alkanes) is 2. The van der Waals surface area contributed by atoms with Crippen molar-refractivity contribution in [2.24, 2.45) is 5.73 Å². The van der Waals surface area contributed by atoms with Gasteiger partial charge < -0.3 is 15.9 Å². The number of carboxylic acids is 1. The normalized spacial score (nSPS) is 15.6. The molecule has 0 amide bonds. The number of hydrogen-bond acceptors (Lipinski definition) is 3. The van der Waals surface area contributed by atoms with E-state index in [4.69, 9.17) is 10.8 Å². The van der Waals surface area contributed by atoms with Crippen LogP contribution in [0.5, 0.6) is 0 Å². The highest BCUT2D eigenvalue weighted by Gasteiger charge is 2.20. The second-order valence-electron chi connectivity index (χ2n) is 2.93. The van der Waals surface area contributed by atoms with E-state index in [9.17, 15) is 9.90 Å². The summed E-state index contributed by atoms with van der Waals surface area (Å²) in [5.74, 6) is -1.14. The zero-order chi connectivity index (χ0) is 9.56. The molecule has 12 heavy (non-hydrogen) atoms. The molecule has 72 valence electrons. The molecule has 0 fully saturated rings. The lowest BCUT2D eigenvalue weighted by Gasteiger charge is -2.13. The van der Waals surface area contributed by atoms with E-state index in [1.807, 2.05) is 6.92 Å². The van der Waals surface area contributed by atoms with Gasteiger partial charge >= 0.3 is 5.97 Å². The minimum Gasteiger partial charge on any atom is -0.480 e. The van der Waals surface area contributed by atoms with Crippen molar-refractivity contribution >= 4 is 5.97 Å². The zero-order valence-electron chi connectivity index (χ0n) is 7.36. The number of aliphatic carboxylic acids is 1. The lowest BCUT2D eigenvalue weighted by molar-refractivity contribution is -0.141.